The van der Waals surface area contributed by atoms with E-state index in [1.165, 1.54) is 43.3 Å². The number of esters is 1. The fourth-order valence-corrected chi connectivity index (χ4v) is 5.39. The van der Waals surface area contributed by atoms with Crippen LogP contribution in [0.4, 0.5) is 14.5 Å². The van der Waals surface area contributed by atoms with Crippen molar-refractivity contribution in [3.8, 4) is 5.75 Å². The maximum Gasteiger partial charge on any atom is 0.308 e. The fourth-order valence-electron chi connectivity index (χ4n) is 3.82. The number of nitrogens with zero attached hydrogens (tertiary/aromatic N) is 2. The first-order chi connectivity index (χ1) is 17.1. The van der Waals surface area contributed by atoms with Crippen LogP contribution < -0.4 is 9.64 Å². The van der Waals surface area contributed by atoms with Crippen LogP contribution in [0.15, 0.2) is 77.7 Å². The van der Waals surface area contributed by atoms with Gasteiger partial charge in [-0.2, -0.15) is 4.31 Å². The Morgan fingerprint density at radius 3 is 2.06 bits per heavy atom. The molecule has 186 valence electrons. The van der Waals surface area contributed by atoms with E-state index < -0.39 is 51.9 Å². The Balaban J connectivity index is 1.70. The first-order valence-corrected chi connectivity index (χ1v) is 12.2. The lowest BCUT2D eigenvalue weighted by molar-refractivity contribution is -0.132. The monoisotopic (exact) mass is 514 g/mol. The summed E-state index contributed by atoms with van der Waals surface area (Å²) in [4.78, 5) is 38.0. The van der Waals surface area contributed by atoms with Crippen LogP contribution in [0.1, 0.15) is 18.9 Å². The summed E-state index contributed by atoms with van der Waals surface area (Å²) in [5.41, 5.74) is 0.552. The molecule has 0 spiro atoms. The highest BCUT2D eigenvalue weighted by molar-refractivity contribution is 7.89. The molecule has 3 aromatic carbocycles. The normalized spacial score (nSPS) is 16.0. The summed E-state index contributed by atoms with van der Waals surface area (Å²) < 4.78 is 59.7. The van der Waals surface area contributed by atoms with Crippen molar-refractivity contribution >= 4 is 33.5 Å². The second-order valence-electron chi connectivity index (χ2n) is 8.01. The van der Waals surface area contributed by atoms with Gasteiger partial charge in [0.05, 0.1) is 17.0 Å². The van der Waals surface area contributed by atoms with Crippen molar-refractivity contribution in [1.82, 2.24) is 4.31 Å². The molecule has 11 heteroatoms. The average molecular weight is 515 g/mol. The fraction of sp³-hybridized carbons (Fsp3) is 0.160. The molecule has 1 atom stereocenters. The predicted molar refractivity (Wildman–Crippen MR) is 124 cm³/mol. The predicted octanol–water partition coefficient (Wildman–Crippen LogP) is 3.41. The number of rotatable bonds is 7. The number of ether oxygens (including phenoxy) is 1. The minimum Gasteiger partial charge on any atom is -0.427 e. The van der Waals surface area contributed by atoms with Crippen LogP contribution in [-0.2, 0) is 31.0 Å². The summed E-state index contributed by atoms with van der Waals surface area (Å²) in [6, 6.07) is 13.3. The molecule has 1 aliphatic rings. The minimum atomic E-state index is -4.38. The number of carbonyl (C=O) groups excluding carboxylic acids is 3. The van der Waals surface area contributed by atoms with Gasteiger partial charge in [0.1, 0.15) is 23.4 Å². The lowest BCUT2D eigenvalue weighted by Crippen LogP contribution is -2.45. The summed E-state index contributed by atoms with van der Waals surface area (Å²) in [5.74, 6) is -2.93. The van der Waals surface area contributed by atoms with Crippen LogP contribution in [0.5, 0.6) is 5.75 Å². The van der Waals surface area contributed by atoms with Crippen LogP contribution in [0, 0.1) is 11.6 Å². The molecule has 3 aromatic rings. The largest absolute Gasteiger partial charge is 0.427 e. The summed E-state index contributed by atoms with van der Waals surface area (Å²) in [6.45, 7) is 0.895. The van der Waals surface area contributed by atoms with E-state index in [0.29, 0.717) is 5.56 Å². The van der Waals surface area contributed by atoms with Crippen molar-refractivity contribution in [3.05, 3.63) is 90.0 Å². The van der Waals surface area contributed by atoms with Gasteiger partial charge < -0.3 is 4.74 Å². The van der Waals surface area contributed by atoms with Crippen molar-refractivity contribution in [2.24, 2.45) is 0 Å². The highest BCUT2D eigenvalue weighted by atomic mass is 32.2. The Morgan fingerprint density at radius 1 is 0.944 bits per heavy atom. The van der Waals surface area contributed by atoms with Crippen molar-refractivity contribution in [2.45, 2.75) is 30.8 Å². The van der Waals surface area contributed by atoms with Gasteiger partial charge in [0.25, 0.3) is 5.91 Å². The molecule has 36 heavy (non-hydrogen) atoms. The number of benzene rings is 3. The zero-order valence-corrected chi connectivity index (χ0v) is 19.7. The Hall–Kier alpha value is -3.96. The Labute approximate surface area is 205 Å². The summed E-state index contributed by atoms with van der Waals surface area (Å²) in [7, 11) is -4.38. The molecule has 0 radical (unpaired) electrons. The third-order valence-electron chi connectivity index (χ3n) is 5.50. The molecule has 0 aromatic heterocycles. The van der Waals surface area contributed by atoms with Gasteiger partial charge in [-0.3, -0.25) is 14.4 Å². The molecule has 8 nitrogen and oxygen atoms in total. The summed E-state index contributed by atoms with van der Waals surface area (Å²) in [6.07, 6.45) is -0.438. The molecule has 1 fully saturated rings. The molecule has 0 bridgehead atoms. The van der Waals surface area contributed by atoms with Gasteiger partial charge >= 0.3 is 5.97 Å². The Kier molecular flexibility index (Phi) is 6.95. The van der Waals surface area contributed by atoms with E-state index in [4.69, 9.17) is 4.74 Å². The smallest absolute Gasteiger partial charge is 0.308 e. The number of anilines is 1. The number of halogens is 2. The van der Waals surface area contributed by atoms with Crippen molar-refractivity contribution in [1.29, 1.82) is 0 Å². The zero-order chi connectivity index (χ0) is 26.0. The third-order valence-corrected chi connectivity index (χ3v) is 7.37. The summed E-state index contributed by atoms with van der Waals surface area (Å²) in [5, 5.41) is 0. The number of sulfonamides is 1. The van der Waals surface area contributed by atoms with Gasteiger partial charge in [0, 0.05) is 13.5 Å². The molecule has 1 aliphatic heterocycles. The van der Waals surface area contributed by atoms with Crippen molar-refractivity contribution < 1.29 is 36.3 Å². The van der Waals surface area contributed by atoms with Gasteiger partial charge in [-0.15, -0.1) is 0 Å². The molecule has 0 aliphatic carbocycles. The van der Waals surface area contributed by atoms with Crippen LogP contribution in [0.3, 0.4) is 0 Å². The molecule has 2 amide bonds. The number of hydrogen-bond acceptors (Lipinski definition) is 6. The van der Waals surface area contributed by atoms with Crippen LogP contribution in [0.25, 0.3) is 0 Å². The molecule has 0 N–H and O–H groups in total. The third kappa shape index (κ3) is 5.16. The van der Waals surface area contributed by atoms with E-state index in [1.807, 2.05) is 0 Å². The van der Waals surface area contributed by atoms with Gasteiger partial charge in [-0.1, -0.05) is 12.1 Å². The Bertz CT molecular complexity index is 1410. The first-order valence-electron chi connectivity index (χ1n) is 10.7. The maximum atomic E-state index is 13.5. The molecule has 4 rings (SSSR count). The summed E-state index contributed by atoms with van der Waals surface area (Å²) >= 11 is 0. The second-order valence-corrected chi connectivity index (χ2v) is 9.90. The minimum absolute atomic E-state index is 0.171. The highest BCUT2D eigenvalue weighted by Crippen LogP contribution is 2.31. The zero-order valence-electron chi connectivity index (χ0n) is 18.9. The van der Waals surface area contributed by atoms with Crippen molar-refractivity contribution in [3.63, 3.8) is 0 Å². The van der Waals surface area contributed by atoms with Crippen molar-refractivity contribution in [2.75, 3.05) is 4.90 Å². The molecular formula is C25H20F2N2O6S. The van der Waals surface area contributed by atoms with E-state index in [2.05, 4.69) is 0 Å². The highest BCUT2D eigenvalue weighted by Gasteiger charge is 2.47. The Morgan fingerprint density at radius 2 is 1.50 bits per heavy atom. The maximum absolute atomic E-state index is 13.5. The number of imide groups is 1. The van der Waals surface area contributed by atoms with E-state index in [9.17, 15) is 31.6 Å². The number of carbonyl (C=O) groups is 3. The average Bonchev–Trinajstić information content (AvgIpc) is 3.12. The van der Waals surface area contributed by atoms with Gasteiger partial charge in [0.2, 0.25) is 15.9 Å². The lowest BCUT2D eigenvalue weighted by Gasteiger charge is -2.27. The second kappa shape index (κ2) is 9.96. The van der Waals surface area contributed by atoms with Gasteiger partial charge in [-0.05, 0) is 66.2 Å². The standard InChI is InChI=1S/C25H20F2N2O6S/c1-16(30)35-21-10-8-20(9-11-21)29-24(31)14-23(25(29)32)28(15-17-2-4-18(26)5-3-17)36(33,34)22-12-6-19(27)7-13-22/h2-13,23H,14-15H2,1H3. The first kappa shape index (κ1) is 25.1. The van der Waals surface area contributed by atoms with E-state index in [-0.39, 0.29) is 22.9 Å². The molecule has 1 unspecified atom stereocenters. The lowest BCUT2D eigenvalue weighted by atomic mass is 10.2. The van der Waals surface area contributed by atoms with Gasteiger partial charge in [0.15, 0.2) is 0 Å². The van der Waals surface area contributed by atoms with E-state index in [0.717, 1.165) is 45.6 Å². The molecule has 0 saturated carbocycles. The topological polar surface area (TPSA) is 101 Å². The van der Waals surface area contributed by atoms with Crippen LogP contribution in [-0.4, -0.2) is 36.5 Å². The molecule has 1 heterocycles. The quantitative estimate of drug-likeness (QED) is 0.272. The van der Waals surface area contributed by atoms with Gasteiger partial charge in [-0.25, -0.2) is 22.1 Å². The number of hydrogen-bond donors (Lipinski definition) is 0. The van der Waals surface area contributed by atoms with Crippen LogP contribution in [0.2, 0.25) is 0 Å². The van der Waals surface area contributed by atoms with E-state index >= 15 is 0 Å². The SMILES string of the molecule is CC(=O)Oc1ccc(N2C(=O)CC(N(Cc3ccc(F)cc3)S(=O)(=O)c3ccc(F)cc3)C2=O)cc1. The number of amides is 2. The van der Waals surface area contributed by atoms with Crippen LogP contribution >= 0.6 is 0 Å². The molecular weight excluding hydrogens is 494 g/mol. The molecule has 1 saturated heterocycles. The van der Waals surface area contributed by atoms with E-state index in [1.54, 1.807) is 0 Å².